The molecule has 0 aliphatic carbocycles. The normalized spacial score (nSPS) is 12.5. The van der Waals surface area contributed by atoms with Crippen molar-refractivity contribution >= 4 is 22.7 Å². The summed E-state index contributed by atoms with van der Waals surface area (Å²) in [5, 5.41) is 7.94. The molecule has 0 aromatic carbocycles. The fraction of sp³-hybridized carbons (Fsp3) is 0.333. The van der Waals surface area contributed by atoms with Gasteiger partial charge in [0.15, 0.2) is 0 Å². The van der Waals surface area contributed by atoms with E-state index in [2.05, 4.69) is 53.2 Å². The largest absolute Gasteiger partial charge is 0.301 e. The molecule has 2 heterocycles. The van der Waals surface area contributed by atoms with E-state index in [1.807, 2.05) is 0 Å². The van der Waals surface area contributed by atoms with E-state index in [4.69, 9.17) is 6.42 Å². The maximum Gasteiger partial charge on any atom is 0.0767 e. The molecule has 1 atom stereocenters. The van der Waals surface area contributed by atoms with Crippen molar-refractivity contribution in [1.29, 1.82) is 0 Å². The van der Waals surface area contributed by atoms with Crippen molar-refractivity contribution in [3.8, 4) is 12.3 Å². The lowest BCUT2D eigenvalue weighted by Crippen LogP contribution is -2.32. The van der Waals surface area contributed by atoms with Crippen LogP contribution < -0.4 is 5.32 Å². The first kappa shape index (κ1) is 13.4. The lowest BCUT2D eigenvalue weighted by Gasteiger charge is -2.22. The molecule has 3 heteroatoms. The summed E-state index contributed by atoms with van der Waals surface area (Å²) in [6.07, 6.45) is 7.27. The van der Waals surface area contributed by atoms with Crippen LogP contribution in [0, 0.1) is 12.3 Å². The number of nitrogens with one attached hydrogen (secondary N) is 1. The molecule has 2 aromatic heterocycles. The van der Waals surface area contributed by atoms with E-state index < -0.39 is 0 Å². The van der Waals surface area contributed by atoms with Gasteiger partial charge in [0.05, 0.1) is 6.04 Å². The smallest absolute Gasteiger partial charge is 0.0767 e. The lowest BCUT2D eigenvalue weighted by atomic mass is 10.1. The van der Waals surface area contributed by atoms with Gasteiger partial charge in [-0.3, -0.25) is 0 Å². The van der Waals surface area contributed by atoms with E-state index in [1.165, 1.54) is 9.75 Å². The second-order valence-electron chi connectivity index (χ2n) is 4.14. The van der Waals surface area contributed by atoms with Crippen LogP contribution in [0.4, 0.5) is 0 Å². The fourth-order valence-corrected chi connectivity index (χ4v) is 3.59. The molecule has 0 fully saturated rings. The van der Waals surface area contributed by atoms with Gasteiger partial charge in [0.1, 0.15) is 0 Å². The zero-order valence-electron chi connectivity index (χ0n) is 10.4. The maximum absolute atomic E-state index is 5.43. The van der Waals surface area contributed by atoms with Crippen LogP contribution in [0.1, 0.15) is 35.6 Å². The molecule has 0 bridgehead atoms. The van der Waals surface area contributed by atoms with Crippen molar-refractivity contribution in [2.45, 2.75) is 31.8 Å². The van der Waals surface area contributed by atoms with Crippen molar-refractivity contribution in [1.82, 2.24) is 5.32 Å². The summed E-state index contributed by atoms with van der Waals surface area (Å²) in [7, 11) is 0. The van der Waals surface area contributed by atoms with Gasteiger partial charge in [-0.25, -0.2) is 0 Å². The van der Waals surface area contributed by atoms with Gasteiger partial charge >= 0.3 is 0 Å². The first-order chi connectivity index (χ1) is 8.85. The SMILES string of the molecule is C#CCC(CC)NC(c1cccs1)c1cccs1. The minimum atomic E-state index is 0.281. The van der Waals surface area contributed by atoms with E-state index in [1.54, 1.807) is 22.7 Å². The van der Waals surface area contributed by atoms with Crippen LogP contribution in [0.2, 0.25) is 0 Å². The summed E-state index contributed by atoms with van der Waals surface area (Å²) < 4.78 is 0. The van der Waals surface area contributed by atoms with Crippen molar-refractivity contribution in [3.05, 3.63) is 44.8 Å². The molecule has 0 saturated carbocycles. The number of thiophene rings is 2. The molecule has 0 radical (unpaired) electrons. The minimum Gasteiger partial charge on any atom is -0.301 e. The number of hydrogen-bond donors (Lipinski definition) is 1. The second-order valence-corrected chi connectivity index (χ2v) is 6.10. The molecule has 94 valence electrons. The van der Waals surface area contributed by atoms with Crippen LogP contribution in [0.25, 0.3) is 0 Å². The molecule has 1 N–H and O–H groups in total. The van der Waals surface area contributed by atoms with Gasteiger partial charge in [-0.15, -0.1) is 35.0 Å². The Balaban J connectivity index is 2.19. The van der Waals surface area contributed by atoms with Crippen molar-refractivity contribution in [3.63, 3.8) is 0 Å². The Morgan fingerprint density at radius 1 is 1.22 bits per heavy atom. The molecule has 0 aliphatic heterocycles. The average Bonchev–Trinajstić information content (AvgIpc) is 3.06. The van der Waals surface area contributed by atoms with E-state index in [9.17, 15) is 0 Å². The van der Waals surface area contributed by atoms with Gasteiger partial charge in [-0.1, -0.05) is 19.1 Å². The van der Waals surface area contributed by atoms with Gasteiger partial charge in [-0.2, -0.15) is 0 Å². The van der Waals surface area contributed by atoms with Gasteiger partial charge < -0.3 is 5.32 Å². The molecule has 2 aromatic rings. The molecular weight excluding hydrogens is 258 g/mol. The van der Waals surface area contributed by atoms with Gasteiger partial charge in [-0.05, 0) is 29.3 Å². The van der Waals surface area contributed by atoms with Gasteiger partial charge in [0.2, 0.25) is 0 Å². The number of terminal acetylenes is 1. The van der Waals surface area contributed by atoms with E-state index in [0.717, 1.165) is 12.8 Å². The third kappa shape index (κ3) is 3.23. The third-order valence-electron chi connectivity index (χ3n) is 2.91. The first-order valence-corrected chi connectivity index (χ1v) is 7.87. The summed E-state index contributed by atoms with van der Waals surface area (Å²) in [6, 6.07) is 9.23. The molecule has 0 saturated heterocycles. The molecule has 1 unspecified atom stereocenters. The Bertz CT molecular complexity index is 445. The maximum atomic E-state index is 5.43. The van der Waals surface area contributed by atoms with Crippen LogP contribution >= 0.6 is 22.7 Å². The van der Waals surface area contributed by atoms with E-state index in [0.29, 0.717) is 6.04 Å². The van der Waals surface area contributed by atoms with E-state index in [-0.39, 0.29) is 6.04 Å². The zero-order chi connectivity index (χ0) is 12.8. The topological polar surface area (TPSA) is 12.0 Å². The molecule has 2 rings (SSSR count). The highest BCUT2D eigenvalue weighted by Gasteiger charge is 2.19. The van der Waals surface area contributed by atoms with Crippen molar-refractivity contribution in [2.24, 2.45) is 0 Å². The lowest BCUT2D eigenvalue weighted by molar-refractivity contribution is 0.472. The highest BCUT2D eigenvalue weighted by Crippen LogP contribution is 2.30. The van der Waals surface area contributed by atoms with Crippen LogP contribution in [0.5, 0.6) is 0 Å². The summed E-state index contributed by atoms with van der Waals surface area (Å²) in [5.41, 5.74) is 0. The van der Waals surface area contributed by atoms with Crippen LogP contribution in [0.15, 0.2) is 35.0 Å². The number of hydrogen-bond acceptors (Lipinski definition) is 3. The van der Waals surface area contributed by atoms with Gasteiger partial charge in [0.25, 0.3) is 0 Å². The van der Waals surface area contributed by atoms with Crippen molar-refractivity contribution < 1.29 is 0 Å². The summed E-state index contributed by atoms with van der Waals surface area (Å²) in [6.45, 7) is 2.18. The summed E-state index contributed by atoms with van der Waals surface area (Å²) in [4.78, 5) is 2.71. The Morgan fingerprint density at radius 2 is 1.83 bits per heavy atom. The molecule has 1 nitrogen and oxygen atoms in total. The molecule has 0 aliphatic rings. The monoisotopic (exact) mass is 275 g/mol. The quantitative estimate of drug-likeness (QED) is 0.775. The Hall–Kier alpha value is -1.08. The molecular formula is C15H17NS2. The highest BCUT2D eigenvalue weighted by molar-refractivity contribution is 7.11. The fourth-order valence-electron chi connectivity index (χ4n) is 1.91. The molecule has 18 heavy (non-hydrogen) atoms. The van der Waals surface area contributed by atoms with Crippen LogP contribution in [-0.2, 0) is 0 Å². The zero-order valence-corrected chi connectivity index (χ0v) is 12.1. The second kappa shape index (κ2) is 6.75. The van der Waals surface area contributed by atoms with E-state index >= 15 is 0 Å². The Kier molecular flexibility index (Phi) is 5.00. The summed E-state index contributed by atoms with van der Waals surface area (Å²) >= 11 is 3.58. The number of rotatable bonds is 6. The van der Waals surface area contributed by atoms with Crippen LogP contribution in [0.3, 0.4) is 0 Å². The first-order valence-electron chi connectivity index (χ1n) is 6.11. The minimum absolute atomic E-state index is 0.281. The predicted molar refractivity (Wildman–Crippen MR) is 81.1 cm³/mol. The third-order valence-corrected chi connectivity index (χ3v) is 4.79. The van der Waals surface area contributed by atoms with Crippen LogP contribution in [-0.4, -0.2) is 6.04 Å². The Morgan fingerprint density at radius 3 is 2.22 bits per heavy atom. The predicted octanol–water partition coefficient (Wildman–Crippen LogP) is 4.29. The highest BCUT2D eigenvalue weighted by atomic mass is 32.1. The average molecular weight is 275 g/mol. The van der Waals surface area contributed by atoms with Gasteiger partial charge in [0, 0.05) is 22.2 Å². The molecule has 0 amide bonds. The Labute approximate surface area is 117 Å². The molecule has 0 spiro atoms. The van der Waals surface area contributed by atoms with Crippen molar-refractivity contribution in [2.75, 3.05) is 0 Å². The standard InChI is InChI=1S/C15H17NS2/c1-3-7-12(4-2)16-15(13-8-5-10-17-13)14-9-6-11-18-14/h1,5-6,8-12,15-16H,4,7H2,2H3. The summed E-state index contributed by atoms with van der Waals surface area (Å²) in [5.74, 6) is 2.76.